The van der Waals surface area contributed by atoms with Crippen molar-refractivity contribution in [3.63, 3.8) is 0 Å². The van der Waals surface area contributed by atoms with E-state index in [2.05, 4.69) is 9.97 Å². The smallest absolute Gasteiger partial charge is 0.246 e. The topological polar surface area (TPSA) is 75.0 Å². The first-order valence-corrected chi connectivity index (χ1v) is 7.44. The van der Waals surface area contributed by atoms with Gasteiger partial charge in [-0.25, -0.2) is 9.37 Å². The first-order chi connectivity index (χ1) is 11.5. The monoisotopic (exact) mass is 324 g/mol. The lowest BCUT2D eigenvalue weighted by Gasteiger charge is -2.14. The van der Waals surface area contributed by atoms with Crippen molar-refractivity contribution in [3.8, 4) is 0 Å². The van der Waals surface area contributed by atoms with Crippen LogP contribution >= 0.6 is 0 Å². The summed E-state index contributed by atoms with van der Waals surface area (Å²) in [5.74, 6) is -0.0248. The molecule has 1 aromatic carbocycles. The van der Waals surface area contributed by atoms with E-state index in [0.717, 1.165) is 16.5 Å². The van der Waals surface area contributed by atoms with Gasteiger partial charge in [0.05, 0.1) is 5.52 Å². The normalized spacial score (nSPS) is 11.2. The maximum atomic E-state index is 13.7. The summed E-state index contributed by atoms with van der Waals surface area (Å²) in [6.07, 6.45) is 6.48. The van der Waals surface area contributed by atoms with Gasteiger partial charge in [0.2, 0.25) is 5.91 Å². The molecular weight excluding hydrogens is 307 g/mol. The van der Waals surface area contributed by atoms with Crippen LogP contribution in [0.1, 0.15) is 11.1 Å². The molecule has 0 aliphatic rings. The number of carbonyl (C=O) groups excluding carboxylic acids is 1. The van der Waals surface area contributed by atoms with Crippen LogP contribution in [-0.4, -0.2) is 27.8 Å². The molecule has 0 unspecified atom stereocenters. The highest BCUT2D eigenvalue weighted by molar-refractivity contribution is 5.92. The largest absolute Gasteiger partial charge is 0.384 e. The molecule has 0 aliphatic heterocycles. The Kier molecular flexibility index (Phi) is 4.29. The van der Waals surface area contributed by atoms with E-state index >= 15 is 0 Å². The molecule has 0 spiro atoms. The predicted octanol–water partition coefficient (Wildman–Crippen LogP) is 2.96. The standard InChI is InChI=1S/C18H17FN4O/c1-23(17(24)8-6-12-5-7-16(20)21-9-12)11-13-10-22-18-14(13)3-2-4-15(18)19/h2-10,22H,11H2,1H3,(H2,20,21). The van der Waals surface area contributed by atoms with Crippen LogP contribution in [0.25, 0.3) is 17.0 Å². The van der Waals surface area contributed by atoms with Gasteiger partial charge in [0.25, 0.3) is 0 Å². The summed E-state index contributed by atoms with van der Waals surface area (Å²) >= 11 is 0. The number of nitrogens with zero attached hydrogens (tertiary/aromatic N) is 2. The summed E-state index contributed by atoms with van der Waals surface area (Å²) in [7, 11) is 1.70. The highest BCUT2D eigenvalue weighted by Gasteiger charge is 2.11. The molecule has 0 radical (unpaired) electrons. The minimum Gasteiger partial charge on any atom is -0.384 e. The van der Waals surface area contributed by atoms with E-state index < -0.39 is 0 Å². The number of aromatic nitrogens is 2. The van der Waals surface area contributed by atoms with Gasteiger partial charge in [-0.2, -0.15) is 0 Å². The molecule has 5 nitrogen and oxygen atoms in total. The minimum absolute atomic E-state index is 0.155. The van der Waals surface area contributed by atoms with Crippen molar-refractivity contribution in [1.29, 1.82) is 0 Å². The van der Waals surface area contributed by atoms with Crippen molar-refractivity contribution in [2.75, 3.05) is 12.8 Å². The summed E-state index contributed by atoms with van der Waals surface area (Å²) < 4.78 is 13.7. The number of carbonyl (C=O) groups is 1. The Labute approximate surface area is 138 Å². The van der Waals surface area contributed by atoms with Gasteiger partial charge in [0.15, 0.2) is 0 Å². The number of fused-ring (bicyclic) bond motifs is 1. The first-order valence-electron chi connectivity index (χ1n) is 7.44. The Morgan fingerprint density at radius 1 is 1.38 bits per heavy atom. The maximum Gasteiger partial charge on any atom is 0.246 e. The lowest BCUT2D eigenvalue weighted by molar-refractivity contribution is -0.125. The number of nitrogens with two attached hydrogens (primary N) is 1. The van der Waals surface area contributed by atoms with Crippen molar-refractivity contribution in [2.24, 2.45) is 0 Å². The number of hydrogen-bond donors (Lipinski definition) is 2. The maximum absolute atomic E-state index is 13.7. The van der Waals surface area contributed by atoms with Crippen LogP contribution in [-0.2, 0) is 11.3 Å². The molecule has 0 aliphatic carbocycles. The molecular formula is C18H17FN4O. The summed E-state index contributed by atoms with van der Waals surface area (Å²) in [6, 6.07) is 8.35. The molecule has 0 bridgehead atoms. The molecule has 2 heterocycles. The summed E-state index contributed by atoms with van der Waals surface area (Å²) in [5, 5.41) is 0.779. The number of amides is 1. The fourth-order valence-corrected chi connectivity index (χ4v) is 2.45. The van der Waals surface area contributed by atoms with Crippen molar-refractivity contribution in [1.82, 2.24) is 14.9 Å². The first kappa shape index (κ1) is 15.7. The Bertz CT molecular complexity index is 899. The molecule has 0 atom stereocenters. The van der Waals surface area contributed by atoms with Crippen molar-refractivity contribution < 1.29 is 9.18 Å². The molecule has 0 saturated carbocycles. The molecule has 0 fully saturated rings. The van der Waals surface area contributed by atoms with Crippen LogP contribution in [0.5, 0.6) is 0 Å². The van der Waals surface area contributed by atoms with E-state index in [1.54, 1.807) is 48.6 Å². The third-order valence-electron chi connectivity index (χ3n) is 3.76. The fraction of sp³-hybridized carbons (Fsp3) is 0.111. The average molecular weight is 324 g/mol. The van der Waals surface area contributed by atoms with Gasteiger partial charge in [-0.1, -0.05) is 12.1 Å². The second kappa shape index (κ2) is 6.54. The van der Waals surface area contributed by atoms with Crippen molar-refractivity contribution >= 4 is 28.7 Å². The van der Waals surface area contributed by atoms with E-state index in [1.165, 1.54) is 12.1 Å². The highest BCUT2D eigenvalue weighted by atomic mass is 19.1. The summed E-state index contributed by atoms with van der Waals surface area (Å²) in [6.45, 7) is 0.382. The minimum atomic E-state index is -0.302. The fourth-order valence-electron chi connectivity index (χ4n) is 2.45. The zero-order valence-corrected chi connectivity index (χ0v) is 13.2. The number of likely N-dealkylation sites (N-methyl/N-ethyl adjacent to an activating group) is 1. The van der Waals surface area contributed by atoms with Crippen molar-refractivity contribution in [2.45, 2.75) is 6.54 Å². The summed E-state index contributed by atoms with van der Waals surface area (Å²) in [4.78, 5) is 20.7. The van der Waals surface area contributed by atoms with Crippen LogP contribution in [0.15, 0.2) is 48.8 Å². The molecule has 122 valence electrons. The number of halogens is 1. The van der Waals surface area contributed by atoms with Gasteiger partial charge in [-0.15, -0.1) is 0 Å². The van der Waals surface area contributed by atoms with Crippen LogP contribution in [0.3, 0.4) is 0 Å². The van der Waals surface area contributed by atoms with Gasteiger partial charge in [-0.05, 0) is 35.4 Å². The number of nitrogen functional groups attached to an aromatic ring is 1. The Morgan fingerprint density at radius 3 is 2.96 bits per heavy atom. The number of rotatable bonds is 4. The number of benzene rings is 1. The lowest BCUT2D eigenvalue weighted by atomic mass is 10.1. The number of aromatic amines is 1. The lowest BCUT2D eigenvalue weighted by Crippen LogP contribution is -2.23. The van der Waals surface area contributed by atoms with Gasteiger partial charge >= 0.3 is 0 Å². The van der Waals surface area contributed by atoms with Gasteiger partial charge in [0, 0.05) is 37.4 Å². The molecule has 3 rings (SSSR count). The van der Waals surface area contributed by atoms with Crippen LogP contribution in [0.4, 0.5) is 10.2 Å². The second-order valence-electron chi connectivity index (χ2n) is 5.52. The number of nitrogens with one attached hydrogen (secondary N) is 1. The second-order valence-corrected chi connectivity index (χ2v) is 5.52. The third-order valence-corrected chi connectivity index (χ3v) is 3.76. The number of pyridine rings is 1. The van der Waals surface area contributed by atoms with E-state index in [-0.39, 0.29) is 11.7 Å². The predicted molar refractivity (Wildman–Crippen MR) is 92.4 cm³/mol. The zero-order chi connectivity index (χ0) is 17.1. The molecule has 0 saturated heterocycles. The third kappa shape index (κ3) is 3.27. The van der Waals surface area contributed by atoms with E-state index in [4.69, 9.17) is 5.73 Å². The van der Waals surface area contributed by atoms with E-state index in [1.807, 2.05) is 6.07 Å². The van der Waals surface area contributed by atoms with E-state index in [0.29, 0.717) is 17.9 Å². The number of hydrogen-bond acceptors (Lipinski definition) is 3. The molecule has 3 N–H and O–H groups in total. The number of anilines is 1. The number of H-pyrrole nitrogens is 1. The Morgan fingerprint density at radius 2 is 2.21 bits per heavy atom. The Balaban J connectivity index is 1.71. The van der Waals surface area contributed by atoms with Gasteiger partial charge in [-0.3, -0.25) is 4.79 Å². The molecule has 1 amide bonds. The van der Waals surface area contributed by atoms with E-state index in [9.17, 15) is 9.18 Å². The van der Waals surface area contributed by atoms with Crippen LogP contribution in [0.2, 0.25) is 0 Å². The SMILES string of the molecule is CN(Cc1c[nH]c2c(F)cccc12)C(=O)C=Cc1ccc(N)nc1. The van der Waals surface area contributed by atoms with Crippen LogP contribution in [0, 0.1) is 5.82 Å². The molecule has 2 aromatic heterocycles. The van der Waals surface area contributed by atoms with Gasteiger partial charge in [0.1, 0.15) is 11.6 Å². The van der Waals surface area contributed by atoms with Crippen molar-refractivity contribution in [3.05, 3.63) is 65.7 Å². The highest BCUT2D eigenvalue weighted by Crippen LogP contribution is 2.21. The molecule has 3 aromatic rings. The summed E-state index contributed by atoms with van der Waals surface area (Å²) in [5.41, 5.74) is 7.63. The Hall–Kier alpha value is -3.15. The zero-order valence-electron chi connectivity index (χ0n) is 13.2. The quantitative estimate of drug-likeness (QED) is 0.725. The average Bonchev–Trinajstić information content (AvgIpc) is 2.98. The molecule has 6 heteroatoms. The number of para-hydroxylation sites is 1. The molecule has 24 heavy (non-hydrogen) atoms. The van der Waals surface area contributed by atoms with Gasteiger partial charge < -0.3 is 15.6 Å². The van der Waals surface area contributed by atoms with Crippen LogP contribution < -0.4 is 5.73 Å².